The smallest absolute Gasteiger partial charge is 0.0378 e. The van der Waals surface area contributed by atoms with Crippen molar-refractivity contribution in [2.75, 3.05) is 0 Å². The van der Waals surface area contributed by atoms with Crippen LogP contribution in [0.25, 0.3) is 302 Å². The molecule has 4 aliphatic rings. The van der Waals surface area contributed by atoms with Crippen LogP contribution in [0.1, 0.15) is 33.7 Å². The Morgan fingerprint density at radius 2 is 0.451 bits per heavy atom. The molecule has 0 heterocycles. The fraction of sp³-hybridized carbons (Fsp3) is 0.0423. The standard InChI is InChI=1S/C71H10/c1-2-4-11-7-9(5-6-10(11)3-1)8-71-68-64-58-44-36-28-16-13-12-14-17(16)29-31-27-21(14)23-19-15(12)18-22-20(13)26-30(28)42(44)50-48-34(26)32(22)40-38-24(18)25(19)39-41-33(23)35(27)49-51-43(31)45(37(29)36)59(58)65(68)61(51)63-55(49)53(41)57-47(39)46(38)56-52(40)54(48)62(60(50)64)69(71)66(56)67(57)70(63)71/h1-7,68H,8H2. The number of benzene rings is 20. The van der Waals surface area contributed by atoms with Gasteiger partial charge in [-0.3, -0.25) is 0 Å². The summed E-state index contributed by atoms with van der Waals surface area (Å²) in [6.45, 7) is 0. The van der Waals surface area contributed by atoms with Crippen LogP contribution in [0.5, 0.6) is 0 Å². The number of hydrogen-bond donors (Lipinski definition) is 0. The van der Waals surface area contributed by atoms with Gasteiger partial charge < -0.3 is 0 Å². The molecule has 0 heteroatoms. The first-order valence-corrected chi connectivity index (χ1v) is 26.6. The molecule has 34 rings (SSSR count). The molecule has 0 spiro atoms. The Hall–Kier alpha value is -8.84. The Kier molecular flexibility index (Phi) is 2.24. The van der Waals surface area contributed by atoms with E-state index in [2.05, 4.69) is 42.5 Å². The van der Waals surface area contributed by atoms with Crippen LogP contribution in [0.4, 0.5) is 0 Å². The van der Waals surface area contributed by atoms with Crippen LogP contribution < -0.4 is 0 Å². The van der Waals surface area contributed by atoms with Crippen LogP contribution in [-0.2, 0) is 11.8 Å². The summed E-state index contributed by atoms with van der Waals surface area (Å²) in [7, 11) is 0. The van der Waals surface area contributed by atoms with Crippen molar-refractivity contribution in [3.63, 3.8) is 0 Å². The van der Waals surface area contributed by atoms with Gasteiger partial charge in [-0.2, -0.15) is 0 Å². The van der Waals surface area contributed by atoms with Crippen molar-refractivity contribution in [2.45, 2.75) is 17.8 Å². The molecule has 0 atom stereocenters. The third-order valence-corrected chi connectivity index (χ3v) is 25.6. The molecule has 0 nitrogen and oxygen atoms in total. The van der Waals surface area contributed by atoms with Crippen molar-refractivity contribution in [2.24, 2.45) is 0 Å². The van der Waals surface area contributed by atoms with E-state index in [0.717, 1.165) is 6.42 Å². The molecule has 0 amide bonds. The first-order chi connectivity index (χ1) is 35.4. The lowest BCUT2D eigenvalue weighted by Crippen LogP contribution is -2.39. The van der Waals surface area contributed by atoms with Crippen molar-refractivity contribution in [3.8, 4) is 0 Å². The quantitative estimate of drug-likeness (QED) is 0.152. The van der Waals surface area contributed by atoms with Crippen molar-refractivity contribution in [1.29, 1.82) is 0 Å². The highest BCUT2D eigenvalue weighted by atomic mass is 14.6. The van der Waals surface area contributed by atoms with Crippen LogP contribution in [0.3, 0.4) is 0 Å². The molecule has 0 saturated carbocycles. The summed E-state index contributed by atoms with van der Waals surface area (Å²) in [6.07, 6.45) is 1.04. The molecule has 0 unspecified atom stereocenters. The van der Waals surface area contributed by atoms with Gasteiger partial charge in [-0.1, -0.05) is 42.5 Å². The van der Waals surface area contributed by atoms with Gasteiger partial charge in [-0.15, -0.1) is 0 Å². The van der Waals surface area contributed by atoms with E-state index in [1.807, 2.05) is 0 Å². The zero-order valence-corrected chi connectivity index (χ0v) is 36.3. The molecule has 30 aromatic rings. The van der Waals surface area contributed by atoms with E-state index < -0.39 is 0 Å². The molecule has 294 valence electrons. The molecule has 30 aromatic carbocycles. The second-order valence-corrected chi connectivity index (χ2v) is 26.1. The van der Waals surface area contributed by atoms with Gasteiger partial charge in [0.15, 0.2) is 0 Å². The lowest BCUT2D eigenvalue weighted by Gasteiger charge is -2.45. The summed E-state index contributed by atoms with van der Waals surface area (Å²) < 4.78 is 0. The maximum Gasteiger partial charge on any atom is 0.0378 e. The van der Waals surface area contributed by atoms with Crippen LogP contribution in [0, 0.1) is 0 Å². The normalized spacial score (nSPS) is 20.6. The van der Waals surface area contributed by atoms with E-state index in [-0.39, 0.29) is 11.3 Å². The summed E-state index contributed by atoms with van der Waals surface area (Å²) in [6, 6.07) is 16.8. The van der Waals surface area contributed by atoms with Gasteiger partial charge in [0.25, 0.3) is 0 Å². The summed E-state index contributed by atoms with van der Waals surface area (Å²) in [5.41, 5.74) is 8.35. The third-order valence-electron chi connectivity index (χ3n) is 25.6. The van der Waals surface area contributed by atoms with E-state index >= 15 is 0 Å². The molecule has 0 fully saturated rings. The molecule has 0 aromatic heterocycles. The van der Waals surface area contributed by atoms with E-state index in [1.165, 1.54) is 16.3 Å². The zero-order valence-electron chi connectivity index (χ0n) is 36.3. The zero-order chi connectivity index (χ0) is 42.0. The van der Waals surface area contributed by atoms with Gasteiger partial charge in [-0.25, -0.2) is 0 Å². The second-order valence-electron chi connectivity index (χ2n) is 26.1. The molecule has 0 aliphatic heterocycles. The van der Waals surface area contributed by atoms with Gasteiger partial charge in [0.2, 0.25) is 0 Å². The predicted molar refractivity (Wildman–Crippen MR) is 303 cm³/mol. The summed E-state index contributed by atoms with van der Waals surface area (Å²) in [4.78, 5) is 0. The Morgan fingerprint density at radius 3 is 0.746 bits per heavy atom. The van der Waals surface area contributed by atoms with Gasteiger partial charge in [0, 0.05) is 11.3 Å². The number of fused-ring (bicyclic) bond motifs is 1. The monoisotopic (exact) mass is 862 g/mol. The average molecular weight is 863 g/mol. The lowest BCUT2D eigenvalue weighted by atomic mass is 9.55. The largest absolute Gasteiger partial charge is 0.0616 e. The Morgan fingerprint density at radius 1 is 0.225 bits per heavy atom. The van der Waals surface area contributed by atoms with Gasteiger partial charge in [0.05, 0.1) is 0 Å². The Bertz CT molecular complexity index is 7380. The number of hydrogen-bond acceptors (Lipinski definition) is 0. The van der Waals surface area contributed by atoms with Crippen molar-refractivity contribution < 1.29 is 0 Å². The molecular formula is C71H10. The first kappa shape index (κ1) is 26.2. The van der Waals surface area contributed by atoms with Crippen molar-refractivity contribution in [1.82, 2.24) is 0 Å². The maximum atomic E-state index is 2.63. The molecule has 0 N–H and O–H groups in total. The van der Waals surface area contributed by atoms with Crippen LogP contribution in [0.2, 0.25) is 0 Å². The summed E-state index contributed by atoms with van der Waals surface area (Å²) in [5.74, 6) is 0.277. The van der Waals surface area contributed by atoms with Crippen LogP contribution >= 0.6 is 0 Å². The second kappa shape index (κ2) is 6.06. The molecular weight excluding hydrogens is 853 g/mol. The highest BCUT2D eigenvalue weighted by Gasteiger charge is 2.63. The highest BCUT2D eigenvalue weighted by Crippen LogP contribution is 2.83. The van der Waals surface area contributed by atoms with Gasteiger partial charge >= 0.3 is 0 Å². The Balaban J connectivity index is 1.13. The van der Waals surface area contributed by atoms with Crippen molar-refractivity contribution >= 4 is 302 Å². The summed E-state index contributed by atoms with van der Waals surface area (Å²) in [5, 5.41) is 93.2. The third kappa shape index (κ3) is 1.47. The van der Waals surface area contributed by atoms with Crippen molar-refractivity contribution in [3.05, 3.63) is 70.3 Å². The summed E-state index contributed by atoms with van der Waals surface area (Å²) >= 11 is 0. The minimum absolute atomic E-state index is 0.228. The van der Waals surface area contributed by atoms with Crippen LogP contribution in [0.15, 0.2) is 42.5 Å². The van der Waals surface area contributed by atoms with Crippen LogP contribution in [-0.4, -0.2) is 0 Å². The molecule has 0 bridgehead atoms. The topological polar surface area (TPSA) is 0 Å². The van der Waals surface area contributed by atoms with E-state index in [4.69, 9.17) is 0 Å². The van der Waals surface area contributed by atoms with Gasteiger partial charge in [0.1, 0.15) is 0 Å². The molecule has 0 radical (unpaired) electrons. The SMILES string of the molecule is c1ccc2cc(CC34c5c6c7c8c9c%10c(c%11c%12c3c3c5c5c%13c6c6c7c7c9c9c%14c%10c%10c%11c%11c%12c%12c3c3c5c5c%13c%13c6c6c7c9c7c9c%14c%10c%10c%11c%11c%12c3c3c5c5c%13c6c7c6c9c%10c%11c3c56)C84)ccc2c1. The number of rotatable bonds is 2. The Labute approximate surface area is 387 Å². The minimum Gasteiger partial charge on any atom is -0.0616 e. The van der Waals surface area contributed by atoms with E-state index in [0.29, 0.717) is 0 Å². The fourth-order valence-corrected chi connectivity index (χ4v) is 25.3. The maximum absolute atomic E-state index is 2.63. The molecule has 4 aliphatic carbocycles. The van der Waals surface area contributed by atoms with E-state index in [9.17, 15) is 0 Å². The molecule has 0 saturated heterocycles. The van der Waals surface area contributed by atoms with Gasteiger partial charge in [-0.05, 0) is 336 Å². The first-order valence-electron chi connectivity index (χ1n) is 26.6. The molecule has 71 heavy (non-hydrogen) atoms. The predicted octanol–water partition coefficient (Wildman–Crippen LogP) is 19.5. The lowest BCUT2D eigenvalue weighted by molar-refractivity contribution is 0.473. The van der Waals surface area contributed by atoms with E-state index in [1.54, 1.807) is 313 Å². The fourth-order valence-electron chi connectivity index (χ4n) is 25.3. The minimum atomic E-state index is -0.228. The average Bonchev–Trinajstić information content (AvgIpc) is 4.38. The highest BCUT2D eigenvalue weighted by molar-refractivity contribution is 6.82.